The summed E-state index contributed by atoms with van der Waals surface area (Å²) in [6, 6.07) is 0. The second-order valence-corrected chi connectivity index (χ2v) is 7.90. The highest BCUT2D eigenvalue weighted by Gasteiger charge is 2.31. The lowest BCUT2D eigenvalue weighted by molar-refractivity contribution is -0.141. The summed E-state index contributed by atoms with van der Waals surface area (Å²) in [7, 11) is 0. The van der Waals surface area contributed by atoms with Crippen molar-refractivity contribution in [2.24, 2.45) is 22.7 Å². The van der Waals surface area contributed by atoms with Gasteiger partial charge in [0, 0.05) is 12.8 Å². The van der Waals surface area contributed by atoms with Gasteiger partial charge in [-0.05, 0) is 35.5 Å². The van der Waals surface area contributed by atoms with Crippen molar-refractivity contribution in [3.63, 3.8) is 0 Å². The molecule has 2 unspecified atom stereocenters. The predicted octanol–water partition coefficient (Wildman–Crippen LogP) is 4.04. The topological polar surface area (TPSA) is 74.6 Å². The molecule has 0 fully saturated rings. The van der Waals surface area contributed by atoms with E-state index in [1.807, 2.05) is 41.5 Å². The van der Waals surface area contributed by atoms with Crippen molar-refractivity contribution in [2.45, 2.75) is 67.2 Å². The SMILES string of the molecule is CC(C)(C)C(CCC(CC(=O)O)C(C)(C)C)CC(=O)O. The molecular formula is C16H30O4. The zero-order valence-corrected chi connectivity index (χ0v) is 13.7. The molecule has 0 aromatic heterocycles. The lowest BCUT2D eigenvalue weighted by Gasteiger charge is -2.34. The van der Waals surface area contributed by atoms with Gasteiger partial charge in [-0.15, -0.1) is 0 Å². The lowest BCUT2D eigenvalue weighted by Crippen LogP contribution is -2.28. The zero-order chi connectivity index (χ0) is 16.1. The van der Waals surface area contributed by atoms with E-state index in [-0.39, 0.29) is 35.5 Å². The van der Waals surface area contributed by atoms with Crippen LogP contribution in [0.25, 0.3) is 0 Å². The van der Waals surface area contributed by atoms with E-state index in [2.05, 4.69) is 0 Å². The molecule has 20 heavy (non-hydrogen) atoms. The van der Waals surface area contributed by atoms with Gasteiger partial charge in [-0.1, -0.05) is 41.5 Å². The normalized spacial score (nSPS) is 15.7. The van der Waals surface area contributed by atoms with Gasteiger partial charge in [-0.2, -0.15) is 0 Å². The Morgan fingerprint density at radius 3 is 1.15 bits per heavy atom. The molecule has 118 valence electrons. The first kappa shape index (κ1) is 18.9. The number of carbonyl (C=O) groups is 2. The summed E-state index contributed by atoms with van der Waals surface area (Å²) in [6.07, 6.45) is 1.80. The molecule has 0 aliphatic rings. The van der Waals surface area contributed by atoms with Gasteiger partial charge in [0.1, 0.15) is 0 Å². The van der Waals surface area contributed by atoms with E-state index in [1.54, 1.807) is 0 Å². The molecule has 0 radical (unpaired) electrons. The fourth-order valence-electron chi connectivity index (χ4n) is 2.51. The molecule has 0 aromatic rings. The second-order valence-electron chi connectivity index (χ2n) is 7.90. The number of carboxylic acid groups (broad SMARTS) is 2. The number of rotatable bonds is 7. The van der Waals surface area contributed by atoms with Gasteiger partial charge in [0.2, 0.25) is 0 Å². The van der Waals surface area contributed by atoms with Gasteiger partial charge < -0.3 is 10.2 Å². The van der Waals surface area contributed by atoms with Crippen LogP contribution in [-0.4, -0.2) is 22.2 Å². The van der Waals surface area contributed by atoms with Gasteiger partial charge >= 0.3 is 11.9 Å². The standard InChI is InChI=1S/C16H30O4/c1-15(2,3)11(9-13(17)18)7-8-12(10-14(19)20)16(4,5)6/h11-12H,7-10H2,1-6H3,(H,17,18)(H,19,20). The molecular weight excluding hydrogens is 256 g/mol. The van der Waals surface area contributed by atoms with E-state index < -0.39 is 11.9 Å². The minimum absolute atomic E-state index is 0.0682. The van der Waals surface area contributed by atoms with Crippen LogP contribution < -0.4 is 0 Å². The van der Waals surface area contributed by atoms with Crippen molar-refractivity contribution in [3.05, 3.63) is 0 Å². The maximum absolute atomic E-state index is 11.0. The van der Waals surface area contributed by atoms with Crippen LogP contribution in [0.2, 0.25) is 0 Å². The maximum Gasteiger partial charge on any atom is 0.303 e. The molecule has 0 rings (SSSR count). The summed E-state index contributed by atoms with van der Waals surface area (Å²) in [5, 5.41) is 18.0. The van der Waals surface area contributed by atoms with Crippen LogP contribution in [0.1, 0.15) is 67.2 Å². The molecule has 2 N–H and O–H groups in total. The minimum Gasteiger partial charge on any atom is -0.481 e. The van der Waals surface area contributed by atoms with E-state index in [9.17, 15) is 9.59 Å². The zero-order valence-electron chi connectivity index (χ0n) is 13.7. The summed E-state index contributed by atoms with van der Waals surface area (Å²) in [5.41, 5.74) is -0.159. The Labute approximate surface area is 122 Å². The highest BCUT2D eigenvalue weighted by atomic mass is 16.4. The van der Waals surface area contributed by atoms with Crippen LogP contribution in [0.4, 0.5) is 0 Å². The van der Waals surface area contributed by atoms with Crippen LogP contribution in [-0.2, 0) is 9.59 Å². The molecule has 4 nitrogen and oxygen atoms in total. The van der Waals surface area contributed by atoms with Crippen LogP contribution >= 0.6 is 0 Å². The molecule has 0 aliphatic carbocycles. The first-order valence-corrected chi connectivity index (χ1v) is 7.27. The fraction of sp³-hybridized carbons (Fsp3) is 0.875. The quantitative estimate of drug-likeness (QED) is 0.740. The van der Waals surface area contributed by atoms with Gasteiger partial charge in [0.05, 0.1) is 0 Å². The maximum atomic E-state index is 11.0. The van der Waals surface area contributed by atoms with Gasteiger partial charge in [-0.25, -0.2) is 0 Å². The van der Waals surface area contributed by atoms with E-state index in [1.165, 1.54) is 0 Å². The highest BCUT2D eigenvalue weighted by molar-refractivity contribution is 5.67. The largest absolute Gasteiger partial charge is 0.481 e. The number of hydrogen-bond acceptors (Lipinski definition) is 2. The third-order valence-electron chi connectivity index (χ3n) is 4.16. The monoisotopic (exact) mass is 286 g/mol. The van der Waals surface area contributed by atoms with Gasteiger partial charge in [-0.3, -0.25) is 9.59 Å². The second kappa shape index (κ2) is 7.09. The van der Waals surface area contributed by atoms with E-state index in [0.29, 0.717) is 0 Å². The molecule has 0 heterocycles. The summed E-state index contributed by atoms with van der Waals surface area (Å²) < 4.78 is 0. The van der Waals surface area contributed by atoms with E-state index >= 15 is 0 Å². The number of aliphatic carboxylic acids is 2. The smallest absolute Gasteiger partial charge is 0.303 e. The van der Waals surface area contributed by atoms with Gasteiger partial charge in [0.25, 0.3) is 0 Å². The summed E-state index contributed by atoms with van der Waals surface area (Å²) in [5.74, 6) is -1.43. The fourth-order valence-corrected chi connectivity index (χ4v) is 2.51. The number of carboxylic acids is 2. The first-order valence-electron chi connectivity index (χ1n) is 7.27. The van der Waals surface area contributed by atoms with Crippen LogP contribution in [0.3, 0.4) is 0 Å². The summed E-state index contributed by atoms with van der Waals surface area (Å²) >= 11 is 0. The Morgan fingerprint density at radius 2 is 1.00 bits per heavy atom. The molecule has 2 atom stereocenters. The van der Waals surface area contributed by atoms with Crippen molar-refractivity contribution in [2.75, 3.05) is 0 Å². The Balaban J connectivity index is 4.78. The Morgan fingerprint density at radius 1 is 0.750 bits per heavy atom. The Hall–Kier alpha value is -1.06. The summed E-state index contributed by atoms with van der Waals surface area (Å²) in [6.45, 7) is 12.3. The van der Waals surface area contributed by atoms with Crippen molar-refractivity contribution >= 4 is 11.9 Å². The molecule has 4 heteroatoms. The van der Waals surface area contributed by atoms with Crippen LogP contribution in [0.5, 0.6) is 0 Å². The van der Waals surface area contributed by atoms with Crippen molar-refractivity contribution in [1.29, 1.82) is 0 Å². The van der Waals surface area contributed by atoms with Crippen molar-refractivity contribution < 1.29 is 19.8 Å². The van der Waals surface area contributed by atoms with Crippen molar-refractivity contribution in [1.82, 2.24) is 0 Å². The Kier molecular flexibility index (Phi) is 6.72. The van der Waals surface area contributed by atoms with Crippen LogP contribution in [0.15, 0.2) is 0 Å². The lowest BCUT2D eigenvalue weighted by atomic mass is 9.71. The average molecular weight is 286 g/mol. The Bertz CT molecular complexity index is 299. The minimum atomic E-state index is -0.782. The number of hydrogen-bond donors (Lipinski definition) is 2. The summed E-state index contributed by atoms with van der Waals surface area (Å²) in [4.78, 5) is 22.0. The molecule has 0 saturated carbocycles. The van der Waals surface area contributed by atoms with Crippen LogP contribution in [0, 0.1) is 22.7 Å². The van der Waals surface area contributed by atoms with E-state index in [4.69, 9.17) is 10.2 Å². The molecule has 0 spiro atoms. The van der Waals surface area contributed by atoms with Gasteiger partial charge in [0.15, 0.2) is 0 Å². The van der Waals surface area contributed by atoms with E-state index in [0.717, 1.165) is 12.8 Å². The average Bonchev–Trinajstić information content (AvgIpc) is 2.17. The molecule has 0 aromatic carbocycles. The molecule has 0 bridgehead atoms. The first-order chi connectivity index (χ1) is 8.84. The molecule has 0 amide bonds. The molecule has 0 aliphatic heterocycles. The third kappa shape index (κ3) is 7.51. The molecule has 0 saturated heterocycles. The van der Waals surface area contributed by atoms with Crippen molar-refractivity contribution in [3.8, 4) is 0 Å². The highest BCUT2D eigenvalue weighted by Crippen LogP contribution is 2.38. The third-order valence-corrected chi connectivity index (χ3v) is 4.16. The predicted molar refractivity (Wildman–Crippen MR) is 79.6 cm³/mol.